The first-order valence-electron chi connectivity index (χ1n) is 8.15. The summed E-state index contributed by atoms with van der Waals surface area (Å²) in [5.74, 6) is -0.105. The zero-order valence-electron chi connectivity index (χ0n) is 14.0. The summed E-state index contributed by atoms with van der Waals surface area (Å²) in [5, 5.41) is 19.5. The standard InChI is InChI=1S/C21H16N2O3/c1-12-22-18-11-15(10-17(21(25)26)20(18)23-12)13-6-8-14(9-7-13)16-4-2-3-5-19(16)24/h2-11,24H,1H3,(H,22,23)(H,25,26). The second-order valence-corrected chi connectivity index (χ2v) is 6.14. The number of carboxylic acid groups (broad SMARTS) is 1. The zero-order valence-corrected chi connectivity index (χ0v) is 14.0. The molecule has 4 rings (SSSR count). The summed E-state index contributed by atoms with van der Waals surface area (Å²) >= 11 is 0. The van der Waals surface area contributed by atoms with Crippen LogP contribution in [0.1, 0.15) is 16.2 Å². The normalized spacial score (nSPS) is 11.0. The summed E-state index contributed by atoms with van der Waals surface area (Å²) in [4.78, 5) is 19.0. The zero-order chi connectivity index (χ0) is 18.3. The summed E-state index contributed by atoms with van der Waals surface area (Å²) in [5.41, 5.74) is 4.66. The molecular formula is C21H16N2O3. The van der Waals surface area contributed by atoms with E-state index < -0.39 is 5.97 Å². The molecule has 3 aromatic carbocycles. The molecule has 0 aliphatic carbocycles. The maximum atomic E-state index is 11.6. The number of rotatable bonds is 3. The maximum Gasteiger partial charge on any atom is 0.337 e. The van der Waals surface area contributed by atoms with Gasteiger partial charge < -0.3 is 15.2 Å². The van der Waals surface area contributed by atoms with Crippen LogP contribution >= 0.6 is 0 Å². The van der Waals surface area contributed by atoms with Gasteiger partial charge >= 0.3 is 5.97 Å². The Morgan fingerprint density at radius 2 is 1.65 bits per heavy atom. The van der Waals surface area contributed by atoms with E-state index in [0.29, 0.717) is 16.9 Å². The molecule has 0 bridgehead atoms. The number of imidazole rings is 1. The second-order valence-electron chi connectivity index (χ2n) is 6.14. The minimum absolute atomic E-state index is 0.173. The van der Waals surface area contributed by atoms with Crippen molar-refractivity contribution in [2.45, 2.75) is 6.92 Å². The molecule has 0 aliphatic rings. The number of hydrogen-bond acceptors (Lipinski definition) is 3. The van der Waals surface area contributed by atoms with Gasteiger partial charge in [-0.3, -0.25) is 0 Å². The number of hydrogen-bond donors (Lipinski definition) is 3. The molecule has 26 heavy (non-hydrogen) atoms. The Labute approximate surface area is 149 Å². The van der Waals surface area contributed by atoms with E-state index in [0.717, 1.165) is 22.3 Å². The van der Waals surface area contributed by atoms with Crippen LogP contribution in [0.3, 0.4) is 0 Å². The fraction of sp³-hybridized carbons (Fsp3) is 0.0476. The van der Waals surface area contributed by atoms with E-state index in [1.807, 2.05) is 42.5 Å². The van der Waals surface area contributed by atoms with Gasteiger partial charge in [-0.15, -0.1) is 0 Å². The predicted molar refractivity (Wildman–Crippen MR) is 100 cm³/mol. The van der Waals surface area contributed by atoms with Gasteiger partial charge in [0.1, 0.15) is 17.1 Å². The first-order valence-corrected chi connectivity index (χ1v) is 8.15. The monoisotopic (exact) mass is 344 g/mol. The fourth-order valence-electron chi connectivity index (χ4n) is 3.13. The van der Waals surface area contributed by atoms with E-state index in [9.17, 15) is 15.0 Å². The number of benzene rings is 3. The van der Waals surface area contributed by atoms with Crippen molar-refractivity contribution in [3.8, 4) is 28.0 Å². The average Bonchev–Trinajstić information content (AvgIpc) is 3.01. The third kappa shape index (κ3) is 2.69. The highest BCUT2D eigenvalue weighted by Gasteiger charge is 2.15. The molecule has 5 heteroatoms. The number of para-hydroxylation sites is 1. The van der Waals surface area contributed by atoms with Gasteiger partial charge in [-0.2, -0.15) is 0 Å². The number of carbonyl (C=O) groups is 1. The molecule has 4 aromatic rings. The Morgan fingerprint density at radius 3 is 2.35 bits per heavy atom. The lowest BCUT2D eigenvalue weighted by Gasteiger charge is -2.08. The van der Waals surface area contributed by atoms with Crippen LogP contribution in [0.4, 0.5) is 0 Å². The van der Waals surface area contributed by atoms with E-state index >= 15 is 0 Å². The van der Waals surface area contributed by atoms with E-state index in [4.69, 9.17) is 0 Å². The number of nitrogens with zero attached hydrogens (tertiary/aromatic N) is 1. The van der Waals surface area contributed by atoms with Crippen LogP contribution in [-0.2, 0) is 0 Å². The average molecular weight is 344 g/mol. The third-order valence-electron chi connectivity index (χ3n) is 4.37. The molecule has 0 atom stereocenters. The van der Waals surface area contributed by atoms with Crippen molar-refractivity contribution in [3.63, 3.8) is 0 Å². The number of fused-ring (bicyclic) bond motifs is 1. The molecule has 0 unspecified atom stereocenters. The van der Waals surface area contributed by atoms with Crippen molar-refractivity contribution in [2.75, 3.05) is 0 Å². The van der Waals surface area contributed by atoms with Crippen molar-refractivity contribution < 1.29 is 15.0 Å². The van der Waals surface area contributed by atoms with Crippen molar-refractivity contribution in [2.24, 2.45) is 0 Å². The number of nitrogens with one attached hydrogen (secondary N) is 1. The third-order valence-corrected chi connectivity index (χ3v) is 4.37. The summed E-state index contributed by atoms with van der Waals surface area (Å²) in [6.45, 7) is 1.80. The molecule has 0 fully saturated rings. The molecule has 0 saturated carbocycles. The minimum Gasteiger partial charge on any atom is -0.507 e. The number of aryl methyl sites for hydroxylation is 1. The quantitative estimate of drug-likeness (QED) is 0.506. The first-order chi connectivity index (χ1) is 12.5. The highest BCUT2D eigenvalue weighted by molar-refractivity contribution is 6.03. The van der Waals surface area contributed by atoms with Crippen LogP contribution in [0.5, 0.6) is 5.75 Å². The van der Waals surface area contributed by atoms with Gasteiger partial charge in [0.25, 0.3) is 0 Å². The van der Waals surface area contributed by atoms with Gasteiger partial charge in [0.05, 0.1) is 11.1 Å². The lowest BCUT2D eigenvalue weighted by Crippen LogP contribution is -1.98. The molecule has 0 radical (unpaired) electrons. The van der Waals surface area contributed by atoms with Crippen LogP contribution < -0.4 is 0 Å². The SMILES string of the molecule is Cc1nc2c(C(=O)O)cc(-c3ccc(-c4ccccc4O)cc3)cc2[nH]1. The Balaban J connectivity index is 1.81. The summed E-state index contributed by atoms with van der Waals surface area (Å²) in [6, 6.07) is 18.3. The van der Waals surface area contributed by atoms with Gasteiger partial charge in [-0.05, 0) is 41.8 Å². The molecule has 128 valence electrons. The second kappa shape index (κ2) is 6.04. The van der Waals surface area contributed by atoms with Crippen molar-refractivity contribution in [3.05, 3.63) is 72.1 Å². The number of phenols is 1. The highest BCUT2D eigenvalue weighted by Crippen LogP contribution is 2.32. The minimum atomic E-state index is -1.01. The largest absolute Gasteiger partial charge is 0.507 e. The van der Waals surface area contributed by atoms with E-state index in [2.05, 4.69) is 9.97 Å². The Hall–Kier alpha value is -3.60. The number of aromatic carboxylic acids is 1. The van der Waals surface area contributed by atoms with E-state index in [1.165, 1.54) is 0 Å². The van der Waals surface area contributed by atoms with Crippen LogP contribution in [-0.4, -0.2) is 26.2 Å². The number of phenolic OH excluding ortho intramolecular Hbond substituents is 1. The highest BCUT2D eigenvalue weighted by atomic mass is 16.4. The number of carboxylic acids is 1. The molecule has 3 N–H and O–H groups in total. The lowest BCUT2D eigenvalue weighted by atomic mass is 9.98. The van der Waals surface area contributed by atoms with Gasteiger partial charge in [-0.25, -0.2) is 9.78 Å². The fourth-order valence-corrected chi connectivity index (χ4v) is 3.13. The lowest BCUT2D eigenvalue weighted by molar-refractivity contribution is 0.0699. The molecule has 0 spiro atoms. The van der Waals surface area contributed by atoms with Gasteiger partial charge in [0.15, 0.2) is 0 Å². The maximum absolute atomic E-state index is 11.6. The van der Waals surface area contributed by atoms with Crippen molar-refractivity contribution in [1.29, 1.82) is 0 Å². The smallest absolute Gasteiger partial charge is 0.337 e. The van der Waals surface area contributed by atoms with Crippen LogP contribution in [0, 0.1) is 6.92 Å². The van der Waals surface area contributed by atoms with Crippen LogP contribution in [0.15, 0.2) is 60.7 Å². The summed E-state index contributed by atoms with van der Waals surface area (Å²) in [6.07, 6.45) is 0. The molecule has 0 saturated heterocycles. The Bertz CT molecular complexity index is 1130. The van der Waals surface area contributed by atoms with Gasteiger partial charge in [0, 0.05) is 5.56 Å². The van der Waals surface area contributed by atoms with E-state index in [1.54, 1.807) is 25.1 Å². The number of aromatic amines is 1. The van der Waals surface area contributed by atoms with E-state index in [-0.39, 0.29) is 11.3 Å². The Kier molecular flexibility index (Phi) is 3.69. The van der Waals surface area contributed by atoms with Crippen molar-refractivity contribution in [1.82, 2.24) is 9.97 Å². The molecule has 0 aliphatic heterocycles. The topological polar surface area (TPSA) is 86.2 Å². The van der Waals surface area contributed by atoms with Crippen molar-refractivity contribution >= 4 is 17.0 Å². The molecular weight excluding hydrogens is 328 g/mol. The molecule has 1 aromatic heterocycles. The van der Waals surface area contributed by atoms with Gasteiger partial charge in [-0.1, -0.05) is 42.5 Å². The molecule has 1 heterocycles. The molecule has 5 nitrogen and oxygen atoms in total. The summed E-state index contributed by atoms with van der Waals surface area (Å²) < 4.78 is 0. The number of aromatic nitrogens is 2. The first kappa shape index (κ1) is 15.9. The number of aromatic hydroxyl groups is 1. The summed E-state index contributed by atoms with van der Waals surface area (Å²) in [7, 11) is 0. The van der Waals surface area contributed by atoms with Crippen LogP contribution in [0.25, 0.3) is 33.3 Å². The Morgan fingerprint density at radius 1 is 0.962 bits per heavy atom. The van der Waals surface area contributed by atoms with Gasteiger partial charge in [0.2, 0.25) is 0 Å². The molecule has 0 amide bonds. The predicted octanol–water partition coefficient (Wildman–Crippen LogP) is 4.61. The number of H-pyrrole nitrogens is 1. The van der Waals surface area contributed by atoms with Crippen LogP contribution in [0.2, 0.25) is 0 Å².